The van der Waals surface area contributed by atoms with Crippen LogP contribution in [0, 0.1) is 5.92 Å². The monoisotopic (exact) mass is 275 g/mol. The number of hydrogen-bond donors (Lipinski definition) is 1. The highest BCUT2D eigenvalue weighted by molar-refractivity contribution is 7.80. The number of rotatable bonds is 4. The third-order valence-electron chi connectivity index (χ3n) is 3.14. The number of hydrogen-bond acceptors (Lipinski definition) is 3. The minimum atomic E-state index is -0.0298. The molecule has 2 rings (SSSR count). The van der Waals surface area contributed by atoms with Crippen LogP contribution in [0.2, 0.25) is 0 Å². The Balaban J connectivity index is 2.18. The normalized spacial score (nSPS) is 17.0. The van der Waals surface area contributed by atoms with Crippen LogP contribution in [-0.4, -0.2) is 28.2 Å². The highest BCUT2D eigenvalue weighted by Crippen LogP contribution is 2.16. The minimum absolute atomic E-state index is 0.0298. The molecule has 1 heterocycles. The molecular weight excluding hydrogens is 258 g/mol. The molecule has 0 saturated heterocycles. The second kappa shape index (κ2) is 5.93. The zero-order chi connectivity index (χ0) is 13.8. The standard InChI is InChI=1S/C14H17N3OS/c1-10(14(15)19)9-17-13(18)8-7-12(16-17)11-5-3-2-4-6-11/h2-6,10H,7-9H2,1H3,(H2,15,19). The SMILES string of the molecule is CC(CN1N=C(c2ccccc2)CCC1=O)C(N)=S. The molecule has 0 aromatic heterocycles. The molecule has 100 valence electrons. The van der Waals surface area contributed by atoms with Gasteiger partial charge in [-0.3, -0.25) is 4.79 Å². The van der Waals surface area contributed by atoms with E-state index in [0.29, 0.717) is 24.4 Å². The summed E-state index contributed by atoms with van der Waals surface area (Å²) < 4.78 is 0. The van der Waals surface area contributed by atoms with E-state index in [1.807, 2.05) is 37.3 Å². The fourth-order valence-corrected chi connectivity index (χ4v) is 2.01. The van der Waals surface area contributed by atoms with Crippen LogP contribution >= 0.6 is 12.2 Å². The lowest BCUT2D eigenvalue weighted by Gasteiger charge is -2.25. The van der Waals surface area contributed by atoms with Gasteiger partial charge in [-0.15, -0.1) is 0 Å². The second-order valence-corrected chi connectivity index (χ2v) is 5.16. The summed E-state index contributed by atoms with van der Waals surface area (Å²) in [6, 6.07) is 9.91. The maximum absolute atomic E-state index is 11.9. The highest BCUT2D eigenvalue weighted by Gasteiger charge is 2.23. The number of benzene rings is 1. The zero-order valence-corrected chi connectivity index (χ0v) is 11.7. The first kappa shape index (κ1) is 13.7. The van der Waals surface area contributed by atoms with E-state index in [-0.39, 0.29) is 11.8 Å². The van der Waals surface area contributed by atoms with E-state index in [2.05, 4.69) is 5.10 Å². The van der Waals surface area contributed by atoms with Crippen molar-refractivity contribution in [3.63, 3.8) is 0 Å². The summed E-state index contributed by atoms with van der Waals surface area (Å²) in [6.07, 6.45) is 1.17. The van der Waals surface area contributed by atoms with Gasteiger partial charge in [0, 0.05) is 18.8 Å². The van der Waals surface area contributed by atoms with Crippen LogP contribution in [0.5, 0.6) is 0 Å². The second-order valence-electron chi connectivity index (χ2n) is 4.69. The lowest BCUT2D eigenvalue weighted by molar-refractivity contribution is -0.132. The number of nitrogens with zero attached hydrogens (tertiary/aromatic N) is 2. The maximum atomic E-state index is 11.9. The first-order valence-electron chi connectivity index (χ1n) is 6.30. The Morgan fingerprint density at radius 2 is 2.11 bits per heavy atom. The van der Waals surface area contributed by atoms with Gasteiger partial charge >= 0.3 is 0 Å². The van der Waals surface area contributed by atoms with E-state index in [9.17, 15) is 4.79 Å². The van der Waals surface area contributed by atoms with Crippen molar-refractivity contribution in [2.75, 3.05) is 6.54 Å². The number of hydrazone groups is 1. The van der Waals surface area contributed by atoms with Crippen LogP contribution in [0.1, 0.15) is 25.3 Å². The van der Waals surface area contributed by atoms with Gasteiger partial charge in [-0.05, 0) is 5.56 Å². The third-order valence-corrected chi connectivity index (χ3v) is 3.55. The molecule has 0 bridgehead atoms. The van der Waals surface area contributed by atoms with Crippen molar-refractivity contribution in [3.8, 4) is 0 Å². The van der Waals surface area contributed by atoms with Crippen molar-refractivity contribution in [2.45, 2.75) is 19.8 Å². The molecular formula is C14H17N3OS. The number of carbonyl (C=O) groups is 1. The average molecular weight is 275 g/mol. The Bertz CT molecular complexity index is 513. The van der Waals surface area contributed by atoms with Gasteiger partial charge < -0.3 is 5.73 Å². The number of carbonyl (C=O) groups excluding carboxylic acids is 1. The summed E-state index contributed by atoms with van der Waals surface area (Å²) in [5.74, 6) is 0.000560. The van der Waals surface area contributed by atoms with Crippen LogP contribution in [0.15, 0.2) is 35.4 Å². The highest BCUT2D eigenvalue weighted by atomic mass is 32.1. The largest absolute Gasteiger partial charge is 0.393 e. The fraction of sp³-hybridized carbons (Fsp3) is 0.357. The molecule has 5 heteroatoms. The van der Waals surface area contributed by atoms with E-state index in [1.165, 1.54) is 5.01 Å². The van der Waals surface area contributed by atoms with Crippen molar-refractivity contribution in [3.05, 3.63) is 35.9 Å². The quantitative estimate of drug-likeness (QED) is 0.854. The van der Waals surface area contributed by atoms with Gasteiger partial charge in [0.2, 0.25) is 5.91 Å². The summed E-state index contributed by atoms with van der Waals surface area (Å²) in [6.45, 7) is 2.35. The van der Waals surface area contributed by atoms with Crippen LogP contribution in [-0.2, 0) is 4.79 Å². The molecule has 4 nitrogen and oxygen atoms in total. The smallest absolute Gasteiger partial charge is 0.243 e. The van der Waals surface area contributed by atoms with Crippen LogP contribution in [0.25, 0.3) is 0 Å². The molecule has 0 spiro atoms. The van der Waals surface area contributed by atoms with Gasteiger partial charge in [-0.25, -0.2) is 5.01 Å². The van der Waals surface area contributed by atoms with E-state index in [1.54, 1.807) is 0 Å². The minimum Gasteiger partial charge on any atom is -0.393 e. The molecule has 1 aliphatic rings. The van der Waals surface area contributed by atoms with Gasteiger partial charge in [0.05, 0.1) is 17.2 Å². The Hall–Kier alpha value is -1.75. The molecule has 1 aromatic carbocycles. The zero-order valence-electron chi connectivity index (χ0n) is 10.9. The van der Waals surface area contributed by atoms with Crippen LogP contribution in [0.4, 0.5) is 0 Å². The first-order valence-corrected chi connectivity index (χ1v) is 6.71. The van der Waals surface area contributed by atoms with Crippen molar-refractivity contribution in [1.29, 1.82) is 0 Å². The first-order chi connectivity index (χ1) is 9.08. The Labute approximate surface area is 118 Å². The maximum Gasteiger partial charge on any atom is 0.243 e. The molecule has 19 heavy (non-hydrogen) atoms. The van der Waals surface area contributed by atoms with Crippen molar-refractivity contribution < 1.29 is 4.79 Å². The van der Waals surface area contributed by atoms with Gasteiger partial charge in [-0.2, -0.15) is 5.10 Å². The number of amides is 1. The molecule has 1 aliphatic heterocycles. The molecule has 0 fully saturated rings. The Morgan fingerprint density at radius 3 is 2.74 bits per heavy atom. The van der Waals surface area contributed by atoms with E-state index in [0.717, 1.165) is 11.3 Å². The predicted octanol–water partition coefficient (Wildman–Crippen LogP) is 1.94. The average Bonchev–Trinajstić information content (AvgIpc) is 2.42. The third kappa shape index (κ3) is 3.38. The summed E-state index contributed by atoms with van der Waals surface area (Å²) in [4.78, 5) is 12.3. The summed E-state index contributed by atoms with van der Waals surface area (Å²) >= 11 is 4.94. The molecule has 1 amide bonds. The lowest BCUT2D eigenvalue weighted by atomic mass is 10.0. The predicted molar refractivity (Wildman–Crippen MR) is 79.9 cm³/mol. The van der Waals surface area contributed by atoms with Gasteiger partial charge in [0.25, 0.3) is 0 Å². The van der Waals surface area contributed by atoms with Crippen molar-refractivity contribution >= 4 is 28.8 Å². The van der Waals surface area contributed by atoms with Gasteiger partial charge in [0.1, 0.15) is 0 Å². The Morgan fingerprint density at radius 1 is 1.42 bits per heavy atom. The van der Waals surface area contributed by atoms with E-state index in [4.69, 9.17) is 18.0 Å². The molecule has 1 atom stereocenters. The van der Waals surface area contributed by atoms with Crippen LogP contribution in [0.3, 0.4) is 0 Å². The molecule has 0 radical (unpaired) electrons. The summed E-state index contributed by atoms with van der Waals surface area (Å²) in [5, 5.41) is 5.94. The molecule has 0 aliphatic carbocycles. The number of nitrogens with two attached hydrogens (primary N) is 1. The van der Waals surface area contributed by atoms with Crippen molar-refractivity contribution in [2.24, 2.45) is 16.8 Å². The lowest BCUT2D eigenvalue weighted by Crippen LogP contribution is -2.38. The molecule has 1 aromatic rings. The van der Waals surface area contributed by atoms with E-state index < -0.39 is 0 Å². The van der Waals surface area contributed by atoms with Crippen LogP contribution < -0.4 is 5.73 Å². The number of thiocarbonyl (C=S) groups is 1. The molecule has 1 unspecified atom stereocenters. The van der Waals surface area contributed by atoms with E-state index >= 15 is 0 Å². The molecule has 2 N–H and O–H groups in total. The van der Waals surface area contributed by atoms with Gasteiger partial charge in [0.15, 0.2) is 0 Å². The fourth-order valence-electron chi connectivity index (χ4n) is 1.93. The summed E-state index contributed by atoms with van der Waals surface area (Å²) in [7, 11) is 0. The van der Waals surface area contributed by atoms with Crippen molar-refractivity contribution in [1.82, 2.24) is 5.01 Å². The summed E-state index contributed by atoms with van der Waals surface area (Å²) in [5.41, 5.74) is 7.59. The Kier molecular flexibility index (Phi) is 4.27. The van der Waals surface area contributed by atoms with Gasteiger partial charge in [-0.1, -0.05) is 49.5 Å². The molecule has 0 saturated carbocycles. The topological polar surface area (TPSA) is 58.7 Å².